The monoisotopic (exact) mass is 318 g/mol. The predicted octanol–water partition coefficient (Wildman–Crippen LogP) is 2.41. The maximum absolute atomic E-state index is 12.3. The number of rotatable bonds is 3. The average molecular weight is 318 g/mol. The summed E-state index contributed by atoms with van der Waals surface area (Å²) in [6.45, 7) is 4.74. The van der Waals surface area contributed by atoms with Crippen LogP contribution in [0.15, 0.2) is 0 Å². The second-order valence-corrected chi connectivity index (χ2v) is 5.10. The van der Waals surface area contributed by atoms with Crippen molar-refractivity contribution in [2.45, 2.75) is 33.1 Å². The Morgan fingerprint density at radius 2 is 2.00 bits per heavy atom. The van der Waals surface area contributed by atoms with Crippen molar-refractivity contribution in [1.82, 2.24) is 0 Å². The van der Waals surface area contributed by atoms with Crippen molar-refractivity contribution in [2.75, 3.05) is 0 Å². The molecule has 0 aliphatic rings. The summed E-state index contributed by atoms with van der Waals surface area (Å²) in [5, 5.41) is 0. The molecule has 0 fully saturated rings. The number of alkyl halides is 2. The van der Waals surface area contributed by atoms with Crippen LogP contribution in [-0.2, 0) is 19.4 Å². The van der Waals surface area contributed by atoms with Crippen LogP contribution in [0.2, 0.25) is 0 Å². The molecule has 0 amide bonds. The van der Waals surface area contributed by atoms with Gasteiger partial charge in [-0.1, -0.05) is 0 Å². The van der Waals surface area contributed by atoms with Gasteiger partial charge in [-0.15, -0.1) is 0 Å². The minimum absolute atomic E-state index is 0.0116. The molecule has 0 nitrogen and oxygen atoms in total. The molecule has 0 aliphatic carbocycles. The Bertz CT molecular complexity index is 126. The van der Waals surface area contributed by atoms with Crippen molar-refractivity contribution in [3.8, 4) is 0 Å². The Morgan fingerprint density at radius 3 is 2.10 bits per heavy atom. The Labute approximate surface area is 71.4 Å². The molecule has 60 valence electrons. The van der Waals surface area contributed by atoms with Gasteiger partial charge in [-0.2, -0.15) is 0 Å². The Kier molecular flexibility index (Phi) is 3.86. The van der Waals surface area contributed by atoms with Crippen molar-refractivity contribution in [1.29, 1.82) is 0 Å². The average Bonchev–Trinajstić information content (AvgIpc) is 1.60. The van der Waals surface area contributed by atoms with E-state index >= 15 is 0 Å². The summed E-state index contributed by atoms with van der Waals surface area (Å²) in [5.74, 6) is -2.44. The molecule has 0 aromatic rings. The van der Waals surface area contributed by atoms with E-state index in [0.717, 1.165) is 10.8 Å². The van der Waals surface area contributed by atoms with Gasteiger partial charge in [0.15, 0.2) is 0 Å². The van der Waals surface area contributed by atoms with Crippen molar-refractivity contribution in [2.24, 2.45) is 5.92 Å². The quantitative estimate of drug-likeness (QED) is 0.750. The van der Waals surface area contributed by atoms with E-state index in [2.05, 4.69) is 0 Å². The first-order chi connectivity index (χ1) is 4.33. The van der Waals surface area contributed by atoms with E-state index in [1.807, 2.05) is 13.8 Å². The Balaban J connectivity index is 3.80. The summed E-state index contributed by atoms with van der Waals surface area (Å²) in [6.07, 6.45) is -0.0116. The summed E-state index contributed by atoms with van der Waals surface area (Å²) in [4.78, 5) is 0. The second kappa shape index (κ2) is 3.71. The minimum atomic E-state index is -2.50. The molecule has 0 heterocycles. The van der Waals surface area contributed by atoms with Gasteiger partial charge in [-0.3, -0.25) is 0 Å². The van der Waals surface area contributed by atoms with E-state index in [0.29, 0.717) is 0 Å². The summed E-state index contributed by atoms with van der Waals surface area (Å²) in [6, 6.07) is 0. The van der Waals surface area contributed by atoms with Crippen LogP contribution in [0, 0.1) is 5.92 Å². The van der Waals surface area contributed by atoms with Gasteiger partial charge in [0.25, 0.3) is 0 Å². The van der Waals surface area contributed by atoms with Gasteiger partial charge in [0.2, 0.25) is 0 Å². The van der Waals surface area contributed by atoms with Crippen LogP contribution >= 0.6 is 0 Å². The fourth-order valence-electron chi connectivity index (χ4n) is 0.681. The first-order valence-electron chi connectivity index (χ1n) is 3.21. The topological polar surface area (TPSA) is 0 Å². The molecule has 3 heteroatoms. The second-order valence-electron chi connectivity index (χ2n) is 2.79. The summed E-state index contributed by atoms with van der Waals surface area (Å²) in [7, 11) is 0. The van der Waals surface area contributed by atoms with Gasteiger partial charge in [0.05, 0.1) is 0 Å². The third-order valence-electron chi connectivity index (χ3n) is 1.36. The number of hydrogen-bond donors (Lipinski definition) is 0. The Hall–Kier alpha value is 0.418. The van der Waals surface area contributed by atoms with Crippen LogP contribution in [0.3, 0.4) is 0 Å². The van der Waals surface area contributed by atoms with Crippen LogP contribution in [0.25, 0.3) is 0 Å². The van der Waals surface area contributed by atoms with Gasteiger partial charge >= 0.3 is 71.1 Å². The van der Waals surface area contributed by atoms with Crippen molar-refractivity contribution in [3.63, 3.8) is 0 Å². The third kappa shape index (κ3) is 5.22. The fourth-order valence-corrected chi connectivity index (χ4v) is 0.981. The van der Waals surface area contributed by atoms with E-state index in [-0.39, 0.29) is 12.3 Å². The zero-order chi connectivity index (χ0) is 8.36. The van der Waals surface area contributed by atoms with Crippen molar-refractivity contribution in [3.05, 3.63) is 0 Å². The first-order valence-corrected chi connectivity index (χ1v) is 4.68. The standard InChI is InChI=1S/C7H12F2.W/c1-4-6(2)5-7(3,8)9;/h6H,5H2,1-3H3;. The van der Waals surface area contributed by atoms with Crippen molar-refractivity contribution < 1.29 is 28.1 Å². The van der Waals surface area contributed by atoms with Gasteiger partial charge < -0.3 is 0 Å². The zero-order valence-corrected chi connectivity index (χ0v) is 9.38. The van der Waals surface area contributed by atoms with Gasteiger partial charge in [0.1, 0.15) is 0 Å². The van der Waals surface area contributed by atoms with Gasteiger partial charge in [0, 0.05) is 0 Å². The molecule has 0 aromatic carbocycles. The molecule has 0 rings (SSSR count). The summed E-state index contributed by atoms with van der Waals surface area (Å²) in [5.41, 5.74) is 0. The van der Waals surface area contributed by atoms with Crippen LogP contribution in [-0.4, -0.2) is 9.82 Å². The fraction of sp³-hybridized carbons (Fsp3) is 0.857. The number of hydrogen-bond acceptors (Lipinski definition) is 0. The third-order valence-corrected chi connectivity index (χ3v) is 2.80. The molecule has 0 aliphatic heterocycles. The molecule has 0 spiro atoms. The molecule has 1 unspecified atom stereocenters. The molecule has 1 atom stereocenters. The van der Waals surface area contributed by atoms with Gasteiger partial charge in [-0.25, -0.2) is 0 Å². The molecule has 0 aromatic heterocycles. The van der Waals surface area contributed by atoms with Crippen LogP contribution in [0.4, 0.5) is 8.78 Å². The molecule has 10 heavy (non-hydrogen) atoms. The van der Waals surface area contributed by atoms with Crippen molar-refractivity contribution >= 4 is 3.90 Å². The molecular formula is C7H12F2W. The molecule has 0 radical (unpaired) electrons. The van der Waals surface area contributed by atoms with Crippen LogP contribution in [0.1, 0.15) is 27.2 Å². The van der Waals surface area contributed by atoms with E-state index in [1.165, 1.54) is 19.4 Å². The Morgan fingerprint density at radius 1 is 1.60 bits per heavy atom. The molecular weight excluding hydrogens is 306 g/mol. The van der Waals surface area contributed by atoms with Gasteiger partial charge in [-0.05, 0) is 0 Å². The molecule has 0 N–H and O–H groups in total. The van der Waals surface area contributed by atoms with E-state index in [9.17, 15) is 8.78 Å². The van der Waals surface area contributed by atoms with Crippen LogP contribution in [0.5, 0.6) is 0 Å². The summed E-state index contributed by atoms with van der Waals surface area (Å²) >= 11 is 1.31. The molecule has 0 bridgehead atoms. The van der Waals surface area contributed by atoms with Crippen LogP contribution < -0.4 is 0 Å². The SMILES string of the molecule is C[C](=[W])C(C)CC(C)(F)F. The normalized spacial score (nSPS) is 14.9. The van der Waals surface area contributed by atoms with E-state index in [1.54, 1.807) is 0 Å². The predicted molar refractivity (Wildman–Crippen MR) is 35.1 cm³/mol. The summed E-state index contributed by atoms with van der Waals surface area (Å²) < 4.78 is 25.8. The number of halogens is 2. The molecule has 0 saturated carbocycles. The maximum atomic E-state index is 12.3. The van der Waals surface area contributed by atoms with E-state index in [4.69, 9.17) is 0 Å². The zero-order valence-electron chi connectivity index (χ0n) is 6.45. The van der Waals surface area contributed by atoms with E-state index < -0.39 is 5.92 Å². The molecule has 0 saturated heterocycles. The first kappa shape index (κ1) is 10.4.